The average Bonchev–Trinajstić information content (AvgIpc) is 2.19. The van der Waals surface area contributed by atoms with Crippen molar-refractivity contribution in [1.82, 2.24) is 0 Å². The molecule has 0 amide bonds. The van der Waals surface area contributed by atoms with Crippen molar-refractivity contribution in [2.75, 3.05) is 5.32 Å². The minimum atomic E-state index is 1.17. The Bertz CT molecular complexity index is 492. The molecule has 0 aromatic heterocycles. The maximum absolute atomic E-state index is 3.23. The predicted molar refractivity (Wildman–Crippen MR) is 55.4 cm³/mol. The summed E-state index contributed by atoms with van der Waals surface area (Å²) >= 11 is 0. The zero-order valence-corrected chi connectivity index (χ0v) is 7.04. The van der Waals surface area contributed by atoms with Crippen molar-refractivity contribution in [3.05, 3.63) is 48.2 Å². The summed E-state index contributed by atoms with van der Waals surface area (Å²) in [5, 5.41) is 5.67. The molecule has 1 nitrogen and oxygen atoms in total. The molecule has 0 unspecified atom stereocenters. The van der Waals surface area contributed by atoms with Crippen LogP contribution in [0.1, 0.15) is 5.56 Å². The summed E-state index contributed by atoms with van der Waals surface area (Å²) < 4.78 is 0. The van der Waals surface area contributed by atoms with Gasteiger partial charge in [-0.3, -0.25) is 0 Å². The first kappa shape index (κ1) is 6.72. The van der Waals surface area contributed by atoms with Crippen molar-refractivity contribution in [3.63, 3.8) is 0 Å². The molecule has 1 radical (unpaired) electrons. The highest BCUT2D eigenvalue weighted by Crippen LogP contribution is 2.30. The Morgan fingerprint density at radius 1 is 1.15 bits per heavy atom. The summed E-state index contributed by atoms with van der Waals surface area (Å²) in [6.07, 6.45) is 4.06. The second-order valence-corrected chi connectivity index (χ2v) is 3.14. The molecular weight excluding hydrogens is 158 g/mol. The zero-order valence-electron chi connectivity index (χ0n) is 7.04. The van der Waals surface area contributed by atoms with Gasteiger partial charge < -0.3 is 5.32 Å². The number of benzene rings is 2. The molecule has 61 valence electrons. The van der Waals surface area contributed by atoms with E-state index in [1.807, 2.05) is 18.3 Å². The third kappa shape index (κ3) is 0.872. The van der Waals surface area contributed by atoms with E-state index in [1.165, 1.54) is 22.0 Å². The van der Waals surface area contributed by atoms with E-state index in [9.17, 15) is 0 Å². The van der Waals surface area contributed by atoms with Gasteiger partial charge in [-0.25, -0.2) is 0 Å². The van der Waals surface area contributed by atoms with Crippen molar-refractivity contribution >= 4 is 22.5 Å². The molecule has 1 aliphatic heterocycles. The predicted octanol–water partition coefficient (Wildman–Crippen LogP) is 3.04. The van der Waals surface area contributed by atoms with E-state index in [0.29, 0.717) is 0 Å². The quantitative estimate of drug-likeness (QED) is 0.634. The molecule has 3 rings (SSSR count). The standard InChI is InChI=1S/C12H8N/c1-3-9-5-2-6-11-12(9)10(4-1)7-8-13-11/h1-2,4-8,13H. The fourth-order valence-electron chi connectivity index (χ4n) is 1.77. The van der Waals surface area contributed by atoms with Crippen molar-refractivity contribution in [1.29, 1.82) is 0 Å². The van der Waals surface area contributed by atoms with E-state index >= 15 is 0 Å². The summed E-state index contributed by atoms with van der Waals surface area (Å²) in [5.74, 6) is 0. The van der Waals surface area contributed by atoms with Gasteiger partial charge in [0.25, 0.3) is 0 Å². The van der Waals surface area contributed by atoms with E-state index in [1.54, 1.807) is 0 Å². The van der Waals surface area contributed by atoms with Gasteiger partial charge in [-0.1, -0.05) is 24.3 Å². The molecule has 0 atom stereocenters. The smallest absolute Gasteiger partial charge is 0.0465 e. The van der Waals surface area contributed by atoms with Crippen LogP contribution in [0.2, 0.25) is 0 Å². The summed E-state index contributed by atoms with van der Waals surface area (Å²) in [6, 6.07) is 13.5. The number of hydrogen-bond acceptors (Lipinski definition) is 1. The van der Waals surface area contributed by atoms with Crippen molar-refractivity contribution < 1.29 is 0 Å². The Morgan fingerprint density at radius 3 is 3.15 bits per heavy atom. The maximum atomic E-state index is 3.23. The van der Waals surface area contributed by atoms with Crippen LogP contribution in [0.5, 0.6) is 0 Å². The van der Waals surface area contributed by atoms with Crippen LogP contribution >= 0.6 is 0 Å². The largest absolute Gasteiger partial charge is 0.361 e. The summed E-state index contributed by atoms with van der Waals surface area (Å²) in [4.78, 5) is 0. The van der Waals surface area contributed by atoms with Crippen LogP contribution in [0.25, 0.3) is 16.8 Å². The average molecular weight is 166 g/mol. The van der Waals surface area contributed by atoms with Crippen LogP contribution in [0.15, 0.2) is 36.5 Å². The molecular formula is C12H8N. The molecule has 0 aliphatic carbocycles. The van der Waals surface area contributed by atoms with Crippen molar-refractivity contribution in [2.24, 2.45) is 0 Å². The van der Waals surface area contributed by atoms with Gasteiger partial charge in [-0.2, -0.15) is 0 Å². The molecule has 0 fully saturated rings. The molecule has 13 heavy (non-hydrogen) atoms. The summed E-state index contributed by atoms with van der Waals surface area (Å²) in [7, 11) is 0. The molecule has 1 aliphatic rings. The van der Waals surface area contributed by atoms with Crippen LogP contribution in [0.4, 0.5) is 5.69 Å². The lowest BCUT2D eigenvalue weighted by atomic mass is 10.0. The number of rotatable bonds is 0. The van der Waals surface area contributed by atoms with Gasteiger partial charge >= 0.3 is 0 Å². The zero-order chi connectivity index (χ0) is 8.67. The van der Waals surface area contributed by atoms with Crippen LogP contribution < -0.4 is 5.32 Å². The Hall–Kier alpha value is -1.76. The van der Waals surface area contributed by atoms with Crippen LogP contribution in [0, 0.1) is 6.07 Å². The summed E-state index contributed by atoms with van der Waals surface area (Å²) in [5.41, 5.74) is 2.44. The van der Waals surface area contributed by atoms with Gasteiger partial charge in [0, 0.05) is 17.3 Å². The minimum Gasteiger partial charge on any atom is -0.361 e. The van der Waals surface area contributed by atoms with Gasteiger partial charge in [0.2, 0.25) is 0 Å². The molecule has 0 bridgehead atoms. The normalized spacial score (nSPS) is 12.9. The fourth-order valence-corrected chi connectivity index (χ4v) is 1.77. The fraction of sp³-hybridized carbons (Fsp3) is 0. The van der Waals surface area contributed by atoms with E-state index in [0.717, 1.165) is 0 Å². The molecule has 1 N–H and O–H groups in total. The topological polar surface area (TPSA) is 12.0 Å². The SMILES string of the molecule is [c]1ccc2c3c(cccc13)NC=C2. The molecule has 0 spiro atoms. The van der Waals surface area contributed by atoms with Crippen LogP contribution in [-0.2, 0) is 0 Å². The van der Waals surface area contributed by atoms with Crippen LogP contribution in [-0.4, -0.2) is 0 Å². The third-order valence-corrected chi connectivity index (χ3v) is 2.36. The maximum Gasteiger partial charge on any atom is 0.0465 e. The lowest BCUT2D eigenvalue weighted by Crippen LogP contribution is -1.95. The lowest BCUT2D eigenvalue weighted by molar-refractivity contribution is 1.58. The van der Waals surface area contributed by atoms with Crippen molar-refractivity contribution in [3.8, 4) is 0 Å². The Labute approximate surface area is 76.7 Å². The molecule has 0 saturated heterocycles. The first-order valence-corrected chi connectivity index (χ1v) is 4.32. The Morgan fingerprint density at radius 2 is 2.15 bits per heavy atom. The van der Waals surface area contributed by atoms with Gasteiger partial charge in [0.1, 0.15) is 0 Å². The van der Waals surface area contributed by atoms with Gasteiger partial charge in [-0.15, -0.1) is 0 Å². The third-order valence-electron chi connectivity index (χ3n) is 2.36. The number of nitrogens with one attached hydrogen (secondary N) is 1. The molecule has 1 heterocycles. The number of anilines is 1. The first-order chi connectivity index (χ1) is 6.45. The monoisotopic (exact) mass is 166 g/mol. The number of hydrogen-bond donors (Lipinski definition) is 1. The second-order valence-electron chi connectivity index (χ2n) is 3.14. The van der Waals surface area contributed by atoms with Gasteiger partial charge in [0.05, 0.1) is 0 Å². The lowest BCUT2D eigenvalue weighted by Gasteiger charge is -2.12. The highest BCUT2D eigenvalue weighted by molar-refractivity contribution is 6.01. The molecule has 2 aromatic rings. The highest BCUT2D eigenvalue weighted by atomic mass is 14.8. The van der Waals surface area contributed by atoms with E-state index < -0.39 is 0 Å². The van der Waals surface area contributed by atoms with Crippen LogP contribution in [0.3, 0.4) is 0 Å². The Balaban J connectivity index is 2.56. The first-order valence-electron chi connectivity index (χ1n) is 4.32. The van der Waals surface area contributed by atoms with Gasteiger partial charge in [-0.05, 0) is 29.2 Å². The summed E-state index contributed by atoms with van der Waals surface area (Å²) in [6.45, 7) is 0. The minimum absolute atomic E-state index is 1.17. The van der Waals surface area contributed by atoms with E-state index in [4.69, 9.17) is 0 Å². The van der Waals surface area contributed by atoms with Gasteiger partial charge in [0.15, 0.2) is 0 Å². The van der Waals surface area contributed by atoms with Crippen molar-refractivity contribution in [2.45, 2.75) is 0 Å². The molecule has 0 saturated carbocycles. The van der Waals surface area contributed by atoms with E-state index in [2.05, 4.69) is 35.7 Å². The second kappa shape index (κ2) is 2.36. The molecule has 1 heteroatoms. The molecule has 2 aromatic carbocycles. The Kier molecular flexibility index (Phi) is 1.22. The van der Waals surface area contributed by atoms with E-state index in [-0.39, 0.29) is 0 Å². The highest BCUT2D eigenvalue weighted by Gasteiger charge is 2.05.